The van der Waals surface area contributed by atoms with Crippen LogP contribution < -0.4 is 0 Å². The molecule has 1 aromatic carbocycles. The summed E-state index contributed by atoms with van der Waals surface area (Å²) in [5, 5.41) is 0. The summed E-state index contributed by atoms with van der Waals surface area (Å²) in [6, 6.07) is 4.39. The van der Waals surface area contributed by atoms with Crippen LogP contribution in [-0.2, 0) is 37.5 Å². The molecule has 0 heterocycles. The van der Waals surface area contributed by atoms with E-state index in [9.17, 15) is 9.18 Å². The quantitative estimate of drug-likeness (QED) is 0.664. The molecule has 0 amide bonds. The zero-order valence-corrected chi connectivity index (χ0v) is 8.93. The summed E-state index contributed by atoms with van der Waals surface area (Å²) in [5.41, 5.74) is 0.794. The minimum atomic E-state index is -0.505. The van der Waals surface area contributed by atoms with E-state index >= 15 is 0 Å². The third-order valence-corrected chi connectivity index (χ3v) is 1.23. The molecule has 0 N–H and O–H groups in total. The first kappa shape index (κ1) is 10.9. The molecule has 0 aromatic heterocycles. The van der Waals surface area contributed by atoms with Crippen LogP contribution in [0.3, 0.4) is 0 Å². The van der Waals surface area contributed by atoms with Crippen molar-refractivity contribution >= 4 is 6.29 Å². The van der Waals surface area contributed by atoms with Crippen LogP contribution in [0.5, 0.6) is 0 Å². The summed E-state index contributed by atoms with van der Waals surface area (Å²) in [6.07, 6.45) is 1.50. The Morgan fingerprint density at radius 2 is 2.09 bits per heavy atom. The first-order valence-corrected chi connectivity index (χ1v) is 2.88. The van der Waals surface area contributed by atoms with E-state index in [1.54, 1.807) is 13.0 Å². The molecule has 0 bridgehead atoms. The minimum absolute atomic E-state index is 0. The topological polar surface area (TPSA) is 17.1 Å². The van der Waals surface area contributed by atoms with E-state index in [0.29, 0.717) is 0 Å². The third-order valence-electron chi connectivity index (χ3n) is 1.23. The Hall–Kier alpha value is -0.0761. The van der Waals surface area contributed by atoms with Gasteiger partial charge in [0.2, 0.25) is 0 Å². The molecular formula is C8H6FOY-. The van der Waals surface area contributed by atoms with Crippen molar-refractivity contribution in [1.29, 1.82) is 0 Å². The van der Waals surface area contributed by atoms with Crippen LogP contribution in [0.15, 0.2) is 18.2 Å². The van der Waals surface area contributed by atoms with Crippen LogP contribution in [0.25, 0.3) is 0 Å². The van der Waals surface area contributed by atoms with Gasteiger partial charge in [-0.3, -0.25) is 4.39 Å². The monoisotopic (exact) mass is 226 g/mol. The smallest absolute Gasteiger partial charge is 0.0654 e. The van der Waals surface area contributed by atoms with Crippen LogP contribution in [0, 0.1) is 12.7 Å². The predicted octanol–water partition coefficient (Wildman–Crippen LogP) is 1.59. The molecule has 1 radical (unpaired) electrons. The fraction of sp³-hybridized carbons (Fsp3) is 0.125. The van der Waals surface area contributed by atoms with Crippen LogP contribution in [0.4, 0.5) is 4.39 Å². The number of aryl methyl sites for hydroxylation is 1. The fourth-order valence-corrected chi connectivity index (χ4v) is 0.703. The number of hydrogen-bond donors (Lipinski definition) is 0. The van der Waals surface area contributed by atoms with E-state index in [0.717, 1.165) is 5.56 Å². The zero-order valence-electron chi connectivity index (χ0n) is 6.10. The van der Waals surface area contributed by atoms with E-state index in [4.69, 9.17) is 0 Å². The minimum Gasteiger partial charge on any atom is -0.376 e. The maximum Gasteiger partial charge on any atom is 0.0654 e. The van der Waals surface area contributed by atoms with Crippen molar-refractivity contribution in [3.8, 4) is 0 Å². The van der Waals surface area contributed by atoms with Crippen molar-refractivity contribution in [3.63, 3.8) is 0 Å². The maximum atomic E-state index is 12.6. The zero-order chi connectivity index (χ0) is 7.56. The number of rotatable bonds is 1. The summed E-state index contributed by atoms with van der Waals surface area (Å²) in [6.45, 7) is 1.76. The van der Waals surface area contributed by atoms with Crippen LogP contribution in [-0.4, -0.2) is 6.29 Å². The van der Waals surface area contributed by atoms with Gasteiger partial charge in [0.1, 0.15) is 0 Å². The average molecular weight is 226 g/mol. The molecule has 11 heavy (non-hydrogen) atoms. The summed E-state index contributed by atoms with van der Waals surface area (Å²) in [7, 11) is 0. The van der Waals surface area contributed by atoms with Crippen LogP contribution in [0.1, 0.15) is 11.1 Å². The molecule has 0 aliphatic heterocycles. The predicted molar refractivity (Wildman–Crippen MR) is 35.9 cm³/mol. The average Bonchev–Trinajstić information content (AvgIpc) is 1.88. The molecule has 1 aromatic rings. The van der Waals surface area contributed by atoms with Gasteiger partial charge in [0.05, 0.1) is 6.29 Å². The van der Waals surface area contributed by atoms with Gasteiger partial charge in [-0.2, -0.15) is 6.07 Å². The molecule has 1 rings (SSSR count). The molecule has 1 nitrogen and oxygen atoms in total. The van der Waals surface area contributed by atoms with Gasteiger partial charge in [-0.05, 0) is 6.92 Å². The number of carbonyl (C=O) groups excluding carboxylic acids is 1. The molecule has 0 unspecified atom stereocenters. The van der Waals surface area contributed by atoms with Gasteiger partial charge in [-0.25, -0.2) is 0 Å². The Morgan fingerprint density at radius 1 is 1.45 bits per heavy atom. The fourth-order valence-electron chi connectivity index (χ4n) is 0.703. The van der Waals surface area contributed by atoms with Crippen molar-refractivity contribution in [3.05, 3.63) is 35.1 Å². The van der Waals surface area contributed by atoms with E-state index in [2.05, 4.69) is 0 Å². The van der Waals surface area contributed by atoms with Crippen molar-refractivity contribution in [2.45, 2.75) is 6.92 Å². The van der Waals surface area contributed by atoms with Crippen molar-refractivity contribution in [1.82, 2.24) is 0 Å². The van der Waals surface area contributed by atoms with E-state index in [-0.39, 0.29) is 38.3 Å². The standard InChI is InChI=1S/C8H6FO.Y/c1-6-2-3-7(5-10)8(9)4-6;/h2-4H,1H3;/q-1;. The normalized spacial score (nSPS) is 8.55. The van der Waals surface area contributed by atoms with Crippen molar-refractivity contribution in [2.75, 3.05) is 0 Å². The Balaban J connectivity index is 0.000001000. The number of hydrogen-bond acceptors (Lipinski definition) is 1. The third kappa shape index (κ3) is 2.80. The Morgan fingerprint density at radius 3 is 2.55 bits per heavy atom. The largest absolute Gasteiger partial charge is 0.376 e. The molecule has 55 valence electrons. The Kier molecular flexibility index (Phi) is 4.70. The van der Waals surface area contributed by atoms with Crippen LogP contribution in [0.2, 0.25) is 0 Å². The molecule has 0 atom stereocenters. The van der Waals surface area contributed by atoms with Gasteiger partial charge in [0, 0.05) is 38.5 Å². The van der Waals surface area contributed by atoms with Crippen molar-refractivity contribution < 1.29 is 41.9 Å². The first-order valence-electron chi connectivity index (χ1n) is 2.88. The van der Waals surface area contributed by atoms with Gasteiger partial charge in [0.15, 0.2) is 0 Å². The Bertz CT molecular complexity index is 260. The number of benzene rings is 1. The van der Waals surface area contributed by atoms with Gasteiger partial charge >= 0.3 is 0 Å². The molecule has 0 saturated heterocycles. The molecule has 0 aliphatic rings. The van der Waals surface area contributed by atoms with E-state index in [1.807, 2.05) is 0 Å². The van der Waals surface area contributed by atoms with E-state index in [1.165, 1.54) is 18.4 Å². The van der Waals surface area contributed by atoms with Gasteiger partial charge in [0.25, 0.3) is 0 Å². The Labute approximate surface area is 89.9 Å². The van der Waals surface area contributed by atoms with Gasteiger partial charge < -0.3 is 4.79 Å². The second-order valence-electron chi connectivity index (χ2n) is 2.09. The summed E-state index contributed by atoms with van der Waals surface area (Å²) in [5.74, 6) is -0.505. The first-order chi connectivity index (χ1) is 4.74. The van der Waals surface area contributed by atoms with Crippen LogP contribution >= 0.6 is 0 Å². The second kappa shape index (κ2) is 4.73. The summed E-state index contributed by atoms with van der Waals surface area (Å²) in [4.78, 5) is 9.97. The summed E-state index contributed by atoms with van der Waals surface area (Å²) < 4.78 is 12.6. The molecule has 0 fully saturated rings. The van der Waals surface area contributed by atoms with E-state index < -0.39 is 5.82 Å². The molecule has 0 saturated carbocycles. The molecular weight excluding hydrogens is 220 g/mol. The molecule has 0 spiro atoms. The van der Waals surface area contributed by atoms with Gasteiger partial charge in [-0.15, -0.1) is 11.6 Å². The second-order valence-corrected chi connectivity index (χ2v) is 2.09. The SMILES string of the molecule is Cc1ccc([C-]=O)c(F)c1.[Y]. The molecule has 0 aliphatic carbocycles. The van der Waals surface area contributed by atoms with Gasteiger partial charge in [-0.1, -0.05) is 11.6 Å². The number of halogens is 1. The molecule has 3 heteroatoms. The summed E-state index contributed by atoms with van der Waals surface area (Å²) >= 11 is 0. The maximum absolute atomic E-state index is 12.6. The van der Waals surface area contributed by atoms with Crippen molar-refractivity contribution in [2.24, 2.45) is 0 Å².